The van der Waals surface area contributed by atoms with Gasteiger partial charge in [0.1, 0.15) is 19.0 Å². The summed E-state index contributed by atoms with van der Waals surface area (Å²) in [4.78, 5) is 3.98. The summed E-state index contributed by atoms with van der Waals surface area (Å²) in [6, 6.07) is 7.54. The molecular weight excluding hydrogens is 266 g/mol. The van der Waals surface area contributed by atoms with Crippen molar-refractivity contribution < 1.29 is 14.2 Å². The van der Waals surface area contributed by atoms with E-state index in [1.54, 1.807) is 21.1 Å². The second-order valence-corrected chi connectivity index (χ2v) is 4.49. The van der Waals surface area contributed by atoms with Crippen molar-refractivity contribution in [1.82, 2.24) is 0 Å². The zero-order valence-electron chi connectivity index (χ0n) is 11.7. The van der Waals surface area contributed by atoms with Crippen LogP contribution >= 0.6 is 11.6 Å². The standard InChI is InChI=1S/C14H20ClNO3/c1-10(19-11(2)16-3)14(18-9-17-4)12-7-5-6-8-13(12)15/h5-8,10,14H,9H2,1-4H3. The van der Waals surface area contributed by atoms with E-state index in [0.29, 0.717) is 10.9 Å². The van der Waals surface area contributed by atoms with Crippen molar-refractivity contribution >= 4 is 17.5 Å². The Balaban J connectivity index is 2.91. The van der Waals surface area contributed by atoms with Crippen LogP contribution in [0.4, 0.5) is 0 Å². The Hall–Kier alpha value is -1.10. The van der Waals surface area contributed by atoms with Gasteiger partial charge in [-0.3, -0.25) is 4.99 Å². The molecule has 1 aromatic rings. The highest BCUT2D eigenvalue weighted by Crippen LogP contribution is 2.29. The van der Waals surface area contributed by atoms with Crippen molar-refractivity contribution in [1.29, 1.82) is 0 Å². The molecule has 19 heavy (non-hydrogen) atoms. The maximum Gasteiger partial charge on any atom is 0.180 e. The molecule has 1 aromatic carbocycles. The number of aliphatic imine (C=N–C) groups is 1. The predicted molar refractivity (Wildman–Crippen MR) is 76.7 cm³/mol. The molecule has 0 aliphatic carbocycles. The first-order chi connectivity index (χ1) is 9.10. The molecule has 0 heterocycles. The summed E-state index contributed by atoms with van der Waals surface area (Å²) in [5.41, 5.74) is 0.873. The van der Waals surface area contributed by atoms with Gasteiger partial charge in [0.2, 0.25) is 0 Å². The summed E-state index contributed by atoms with van der Waals surface area (Å²) in [6.45, 7) is 3.89. The van der Waals surface area contributed by atoms with Crippen molar-refractivity contribution in [3.05, 3.63) is 34.9 Å². The fraction of sp³-hybridized carbons (Fsp3) is 0.500. The summed E-state index contributed by atoms with van der Waals surface area (Å²) in [7, 11) is 3.26. The van der Waals surface area contributed by atoms with Crippen LogP contribution in [0, 0.1) is 0 Å². The summed E-state index contributed by atoms with van der Waals surface area (Å²) in [6.07, 6.45) is -0.538. The summed E-state index contributed by atoms with van der Waals surface area (Å²) < 4.78 is 16.3. The van der Waals surface area contributed by atoms with Gasteiger partial charge in [-0.1, -0.05) is 29.8 Å². The molecule has 0 saturated heterocycles. The van der Waals surface area contributed by atoms with E-state index < -0.39 is 0 Å². The van der Waals surface area contributed by atoms with E-state index >= 15 is 0 Å². The van der Waals surface area contributed by atoms with Crippen LogP contribution < -0.4 is 0 Å². The fourth-order valence-corrected chi connectivity index (χ4v) is 1.95. The third kappa shape index (κ3) is 4.82. The van der Waals surface area contributed by atoms with Gasteiger partial charge in [0.25, 0.3) is 0 Å². The molecular formula is C14H20ClNO3. The lowest BCUT2D eigenvalue weighted by Gasteiger charge is -2.25. The van der Waals surface area contributed by atoms with Crippen LogP contribution in [0.5, 0.6) is 0 Å². The first-order valence-electron chi connectivity index (χ1n) is 6.05. The third-order valence-electron chi connectivity index (χ3n) is 2.67. The summed E-state index contributed by atoms with van der Waals surface area (Å²) >= 11 is 6.21. The summed E-state index contributed by atoms with van der Waals surface area (Å²) in [5.74, 6) is 0.602. The Morgan fingerprint density at radius 1 is 1.37 bits per heavy atom. The number of ether oxygens (including phenoxy) is 3. The van der Waals surface area contributed by atoms with E-state index in [1.807, 2.05) is 31.2 Å². The number of halogens is 1. The Labute approximate surface area is 119 Å². The number of nitrogens with zero attached hydrogens (tertiary/aromatic N) is 1. The Bertz CT molecular complexity index is 423. The minimum absolute atomic E-state index is 0.173. The number of rotatable bonds is 6. The monoisotopic (exact) mass is 285 g/mol. The molecule has 0 amide bonds. The first kappa shape index (κ1) is 16.0. The molecule has 0 aliphatic rings. The van der Waals surface area contributed by atoms with E-state index in [0.717, 1.165) is 5.56 Å². The predicted octanol–water partition coefficient (Wildman–Crippen LogP) is 3.45. The largest absolute Gasteiger partial charge is 0.475 e. The smallest absolute Gasteiger partial charge is 0.180 e. The highest BCUT2D eigenvalue weighted by Gasteiger charge is 2.24. The van der Waals surface area contributed by atoms with Crippen LogP contribution in [0.25, 0.3) is 0 Å². The van der Waals surface area contributed by atoms with Crippen LogP contribution in [0.2, 0.25) is 5.02 Å². The molecule has 0 aromatic heterocycles. The number of methoxy groups -OCH3 is 1. The van der Waals surface area contributed by atoms with Gasteiger partial charge in [-0.15, -0.1) is 0 Å². The molecule has 2 unspecified atom stereocenters. The van der Waals surface area contributed by atoms with Gasteiger partial charge in [0, 0.05) is 31.7 Å². The molecule has 0 bridgehead atoms. The highest BCUT2D eigenvalue weighted by molar-refractivity contribution is 6.31. The molecule has 0 aliphatic heterocycles. The number of hydrogen-bond donors (Lipinski definition) is 0. The second-order valence-electron chi connectivity index (χ2n) is 4.08. The van der Waals surface area contributed by atoms with Gasteiger partial charge in [-0.05, 0) is 13.0 Å². The highest BCUT2D eigenvalue weighted by atomic mass is 35.5. The van der Waals surface area contributed by atoms with Gasteiger partial charge >= 0.3 is 0 Å². The van der Waals surface area contributed by atoms with E-state index in [1.165, 1.54) is 0 Å². The van der Waals surface area contributed by atoms with Crippen molar-refractivity contribution in [2.45, 2.75) is 26.1 Å². The van der Waals surface area contributed by atoms with Crippen LogP contribution in [0.3, 0.4) is 0 Å². The van der Waals surface area contributed by atoms with Crippen LogP contribution in [-0.4, -0.2) is 33.0 Å². The fourth-order valence-electron chi connectivity index (χ4n) is 1.71. The topological polar surface area (TPSA) is 40.0 Å². The zero-order chi connectivity index (χ0) is 14.3. The molecule has 0 radical (unpaired) electrons. The minimum atomic E-state index is -0.314. The lowest BCUT2D eigenvalue weighted by molar-refractivity contribution is -0.107. The van der Waals surface area contributed by atoms with Gasteiger partial charge in [-0.25, -0.2) is 0 Å². The van der Waals surface area contributed by atoms with Gasteiger partial charge in [0.05, 0.1) is 0 Å². The number of benzene rings is 1. The zero-order valence-corrected chi connectivity index (χ0v) is 12.5. The molecule has 4 nitrogen and oxygen atoms in total. The molecule has 5 heteroatoms. The molecule has 0 N–H and O–H groups in total. The van der Waals surface area contributed by atoms with Crippen molar-refractivity contribution in [3.63, 3.8) is 0 Å². The van der Waals surface area contributed by atoms with Crippen molar-refractivity contribution in [2.75, 3.05) is 21.0 Å². The van der Waals surface area contributed by atoms with E-state index in [-0.39, 0.29) is 19.0 Å². The quantitative estimate of drug-likeness (QED) is 0.456. The molecule has 1 rings (SSSR count). The van der Waals surface area contributed by atoms with Gasteiger partial charge in [-0.2, -0.15) is 0 Å². The Morgan fingerprint density at radius 3 is 2.63 bits per heavy atom. The van der Waals surface area contributed by atoms with Crippen LogP contribution in [0.1, 0.15) is 25.5 Å². The Morgan fingerprint density at radius 2 is 2.05 bits per heavy atom. The average Bonchev–Trinajstić information content (AvgIpc) is 2.40. The van der Waals surface area contributed by atoms with Gasteiger partial charge < -0.3 is 14.2 Å². The lowest BCUT2D eigenvalue weighted by atomic mass is 10.1. The second kappa shape index (κ2) is 8.15. The molecule has 0 fully saturated rings. The van der Waals surface area contributed by atoms with Gasteiger partial charge in [0.15, 0.2) is 5.90 Å². The van der Waals surface area contributed by atoms with Crippen molar-refractivity contribution in [3.8, 4) is 0 Å². The maximum atomic E-state index is 6.21. The van der Waals surface area contributed by atoms with E-state index in [4.69, 9.17) is 25.8 Å². The maximum absolute atomic E-state index is 6.21. The third-order valence-corrected chi connectivity index (χ3v) is 3.02. The molecule has 0 spiro atoms. The molecule has 106 valence electrons. The average molecular weight is 286 g/mol. The number of hydrogen-bond acceptors (Lipinski definition) is 4. The van der Waals surface area contributed by atoms with Crippen LogP contribution in [0.15, 0.2) is 29.3 Å². The van der Waals surface area contributed by atoms with E-state index in [2.05, 4.69) is 4.99 Å². The summed E-state index contributed by atoms with van der Waals surface area (Å²) in [5, 5.41) is 0.644. The minimum Gasteiger partial charge on any atom is -0.475 e. The first-order valence-corrected chi connectivity index (χ1v) is 6.43. The molecule has 0 saturated carbocycles. The SMILES string of the molecule is CN=C(C)OC(C)C(OCOC)c1ccccc1Cl. The van der Waals surface area contributed by atoms with Crippen molar-refractivity contribution in [2.24, 2.45) is 4.99 Å². The van der Waals surface area contributed by atoms with E-state index in [9.17, 15) is 0 Å². The normalized spacial score (nSPS) is 15.1. The lowest BCUT2D eigenvalue weighted by Crippen LogP contribution is -2.24. The van der Waals surface area contributed by atoms with Crippen LogP contribution in [-0.2, 0) is 14.2 Å². The Kier molecular flexibility index (Phi) is 6.84. The molecule has 2 atom stereocenters.